The Morgan fingerprint density at radius 1 is 1.35 bits per heavy atom. The molecule has 2 N–H and O–H groups in total. The Balaban J connectivity index is 2.34. The molecule has 0 aromatic heterocycles. The average Bonchev–Trinajstić information content (AvgIpc) is 2.48. The van der Waals surface area contributed by atoms with Crippen LogP contribution in [0.4, 0.5) is 0 Å². The molecule has 0 unspecified atom stereocenters. The van der Waals surface area contributed by atoms with Crippen LogP contribution in [-0.4, -0.2) is 49.9 Å². The molecule has 0 saturated carbocycles. The lowest BCUT2D eigenvalue weighted by atomic mass is 9.79. The molecule has 1 aromatic rings. The van der Waals surface area contributed by atoms with Crippen molar-refractivity contribution in [3.05, 3.63) is 29.8 Å². The number of piperazine rings is 1. The van der Waals surface area contributed by atoms with Crippen LogP contribution < -0.4 is 10.1 Å². The third kappa shape index (κ3) is 3.32. The van der Waals surface area contributed by atoms with Gasteiger partial charge >= 0.3 is 0 Å². The van der Waals surface area contributed by atoms with E-state index in [2.05, 4.69) is 36.2 Å². The molecule has 1 saturated heterocycles. The molecule has 0 radical (unpaired) electrons. The van der Waals surface area contributed by atoms with E-state index in [0.717, 1.165) is 31.9 Å². The van der Waals surface area contributed by atoms with E-state index in [9.17, 15) is 5.11 Å². The molecule has 1 aliphatic rings. The largest absolute Gasteiger partial charge is 0.497 e. The highest BCUT2D eigenvalue weighted by Gasteiger charge is 2.35. The van der Waals surface area contributed by atoms with Crippen LogP contribution in [0.3, 0.4) is 0 Å². The molecular formula is C16H26N2O2. The quantitative estimate of drug-likeness (QED) is 0.860. The topological polar surface area (TPSA) is 44.7 Å². The number of hydrogen-bond donors (Lipinski definition) is 2. The van der Waals surface area contributed by atoms with Gasteiger partial charge in [-0.3, -0.25) is 4.90 Å². The van der Waals surface area contributed by atoms with Crippen molar-refractivity contribution < 1.29 is 9.84 Å². The van der Waals surface area contributed by atoms with Crippen molar-refractivity contribution in [1.29, 1.82) is 0 Å². The van der Waals surface area contributed by atoms with Crippen molar-refractivity contribution in [1.82, 2.24) is 10.2 Å². The summed E-state index contributed by atoms with van der Waals surface area (Å²) < 4.78 is 5.35. The van der Waals surface area contributed by atoms with Crippen LogP contribution in [0.15, 0.2) is 24.3 Å². The summed E-state index contributed by atoms with van der Waals surface area (Å²) >= 11 is 0. The third-order valence-electron chi connectivity index (χ3n) is 4.07. The van der Waals surface area contributed by atoms with Gasteiger partial charge in [-0.1, -0.05) is 26.0 Å². The van der Waals surface area contributed by atoms with Gasteiger partial charge in [-0.25, -0.2) is 0 Å². The predicted octanol–water partition coefficient (Wildman–Crippen LogP) is 1.66. The maximum absolute atomic E-state index is 9.81. The van der Waals surface area contributed by atoms with Gasteiger partial charge in [0.15, 0.2) is 0 Å². The lowest BCUT2D eigenvalue weighted by Crippen LogP contribution is -2.49. The molecule has 0 bridgehead atoms. The van der Waals surface area contributed by atoms with Gasteiger partial charge < -0.3 is 15.2 Å². The predicted molar refractivity (Wildman–Crippen MR) is 81.0 cm³/mol. The molecular weight excluding hydrogens is 252 g/mol. The van der Waals surface area contributed by atoms with Gasteiger partial charge in [0.1, 0.15) is 5.75 Å². The second-order valence-corrected chi connectivity index (χ2v) is 6.11. The van der Waals surface area contributed by atoms with Crippen LogP contribution in [-0.2, 0) is 0 Å². The number of aliphatic hydroxyl groups excluding tert-OH is 1. The van der Waals surface area contributed by atoms with E-state index in [-0.39, 0.29) is 18.1 Å². The van der Waals surface area contributed by atoms with Crippen LogP contribution in [0.25, 0.3) is 0 Å². The van der Waals surface area contributed by atoms with Gasteiger partial charge in [0.25, 0.3) is 0 Å². The van der Waals surface area contributed by atoms with Crippen LogP contribution in [0, 0.1) is 5.41 Å². The van der Waals surface area contributed by atoms with Gasteiger partial charge in [0.2, 0.25) is 0 Å². The summed E-state index contributed by atoms with van der Waals surface area (Å²) in [6.07, 6.45) is 0. The fourth-order valence-corrected chi connectivity index (χ4v) is 2.99. The van der Waals surface area contributed by atoms with Crippen molar-refractivity contribution in [2.24, 2.45) is 5.41 Å². The van der Waals surface area contributed by atoms with Gasteiger partial charge in [0.05, 0.1) is 7.11 Å². The number of hydrogen-bond acceptors (Lipinski definition) is 4. The maximum Gasteiger partial charge on any atom is 0.119 e. The van der Waals surface area contributed by atoms with E-state index in [4.69, 9.17) is 4.74 Å². The number of benzene rings is 1. The second-order valence-electron chi connectivity index (χ2n) is 6.11. The summed E-state index contributed by atoms with van der Waals surface area (Å²) in [5.41, 5.74) is 1.02. The van der Waals surface area contributed by atoms with E-state index >= 15 is 0 Å². The number of ether oxygens (including phenoxy) is 1. The zero-order chi connectivity index (χ0) is 14.6. The minimum atomic E-state index is -0.191. The Labute approximate surface area is 121 Å². The standard InChI is InChI=1S/C16H26N2O2/c1-16(2,12-19)15(18-9-7-17-8-10-18)13-5-4-6-14(11-13)20-3/h4-6,11,15,17,19H,7-10,12H2,1-3H3/t15-/m0/s1. The second kappa shape index (κ2) is 6.57. The molecule has 4 heteroatoms. The lowest BCUT2D eigenvalue weighted by Gasteiger charge is -2.43. The first-order chi connectivity index (χ1) is 9.58. The molecule has 2 rings (SSSR count). The molecule has 20 heavy (non-hydrogen) atoms. The number of rotatable bonds is 5. The fraction of sp³-hybridized carbons (Fsp3) is 0.625. The van der Waals surface area contributed by atoms with Gasteiger partial charge in [-0.15, -0.1) is 0 Å². The van der Waals surface area contributed by atoms with Crippen LogP contribution in [0.5, 0.6) is 5.75 Å². The van der Waals surface area contributed by atoms with Crippen molar-refractivity contribution in [2.75, 3.05) is 39.9 Å². The summed E-state index contributed by atoms with van der Waals surface area (Å²) in [7, 11) is 1.69. The molecule has 1 heterocycles. The van der Waals surface area contributed by atoms with Crippen molar-refractivity contribution >= 4 is 0 Å². The Hall–Kier alpha value is -1.10. The van der Waals surface area contributed by atoms with E-state index in [1.807, 2.05) is 12.1 Å². The first-order valence-electron chi connectivity index (χ1n) is 7.28. The summed E-state index contributed by atoms with van der Waals surface area (Å²) in [5, 5.41) is 13.2. The fourth-order valence-electron chi connectivity index (χ4n) is 2.99. The summed E-state index contributed by atoms with van der Waals surface area (Å²) in [6.45, 7) is 8.43. The van der Waals surface area contributed by atoms with Gasteiger partial charge in [-0.05, 0) is 17.7 Å². The van der Waals surface area contributed by atoms with E-state index in [1.54, 1.807) is 7.11 Å². The third-order valence-corrected chi connectivity index (χ3v) is 4.07. The average molecular weight is 278 g/mol. The minimum absolute atomic E-state index is 0.165. The Kier molecular flexibility index (Phi) is 5.02. The van der Waals surface area contributed by atoms with Crippen molar-refractivity contribution in [2.45, 2.75) is 19.9 Å². The van der Waals surface area contributed by atoms with Gasteiger partial charge in [0, 0.05) is 44.2 Å². The number of nitrogens with zero attached hydrogens (tertiary/aromatic N) is 1. The summed E-state index contributed by atoms with van der Waals surface area (Å²) in [4.78, 5) is 2.46. The smallest absolute Gasteiger partial charge is 0.119 e. The van der Waals surface area contributed by atoms with E-state index in [0.29, 0.717) is 0 Å². The molecule has 4 nitrogen and oxygen atoms in total. The first kappa shape index (κ1) is 15.3. The minimum Gasteiger partial charge on any atom is -0.497 e. The van der Waals surface area contributed by atoms with Crippen molar-refractivity contribution in [3.8, 4) is 5.75 Å². The SMILES string of the molecule is COc1cccc([C@H](N2CCNCC2)C(C)(C)CO)c1. The Morgan fingerprint density at radius 2 is 2.05 bits per heavy atom. The Bertz CT molecular complexity index is 428. The number of nitrogens with one attached hydrogen (secondary N) is 1. The zero-order valence-electron chi connectivity index (χ0n) is 12.7. The maximum atomic E-state index is 9.81. The molecule has 1 aliphatic heterocycles. The van der Waals surface area contributed by atoms with E-state index < -0.39 is 0 Å². The molecule has 0 aliphatic carbocycles. The van der Waals surface area contributed by atoms with Crippen LogP contribution >= 0.6 is 0 Å². The van der Waals surface area contributed by atoms with Crippen molar-refractivity contribution in [3.63, 3.8) is 0 Å². The number of methoxy groups -OCH3 is 1. The Morgan fingerprint density at radius 3 is 2.65 bits per heavy atom. The molecule has 0 spiro atoms. The number of aliphatic hydroxyl groups is 1. The van der Waals surface area contributed by atoms with Gasteiger partial charge in [-0.2, -0.15) is 0 Å². The highest BCUT2D eigenvalue weighted by molar-refractivity contribution is 5.31. The van der Waals surface area contributed by atoms with Crippen LogP contribution in [0.2, 0.25) is 0 Å². The van der Waals surface area contributed by atoms with E-state index in [1.165, 1.54) is 5.56 Å². The first-order valence-corrected chi connectivity index (χ1v) is 7.28. The zero-order valence-corrected chi connectivity index (χ0v) is 12.7. The molecule has 112 valence electrons. The lowest BCUT2D eigenvalue weighted by molar-refractivity contribution is 0.0304. The molecule has 1 fully saturated rings. The molecule has 1 atom stereocenters. The summed E-state index contributed by atoms with van der Waals surface area (Å²) in [5.74, 6) is 0.872. The summed E-state index contributed by atoms with van der Waals surface area (Å²) in [6, 6.07) is 8.40. The normalized spacial score (nSPS) is 18.8. The molecule has 1 aromatic carbocycles. The van der Waals surface area contributed by atoms with Crippen LogP contribution in [0.1, 0.15) is 25.5 Å². The highest BCUT2D eigenvalue weighted by atomic mass is 16.5. The molecule has 0 amide bonds. The highest BCUT2D eigenvalue weighted by Crippen LogP contribution is 2.39. The monoisotopic (exact) mass is 278 g/mol.